The highest BCUT2D eigenvalue weighted by molar-refractivity contribution is 6.05. The highest BCUT2D eigenvalue weighted by Crippen LogP contribution is 2.27. The number of amides is 4. The molecule has 28 heavy (non-hydrogen) atoms. The molecule has 0 radical (unpaired) electrons. The predicted octanol–water partition coefficient (Wildman–Crippen LogP) is 1.92. The van der Waals surface area contributed by atoms with Gasteiger partial charge >= 0.3 is 6.03 Å². The molecule has 1 aliphatic heterocycles. The van der Waals surface area contributed by atoms with E-state index in [9.17, 15) is 14.4 Å². The van der Waals surface area contributed by atoms with Crippen molar-refractivity contribution in [1.82, 2.24) is 25.4 Å². The Hall–Kier alpha value is -4.01. The van der Waals surface area contributed by atoms with Crippen LogP contribution >= 0.6 is 0 Å². The second-order valence-electron chi connectivity index (χ2n) is 6.20. The molecule has 1 aromatic carbocycles. The average molecular weight is 376 g/mol. The number of nitrogens with zero attached hydrogens (tertiary/aromatic N) is 3. The summed E-state index contributed by atoms with van der Waals surface area (Å²) in [5, 5.41) is 12.0. The summed E-state index contributed by atoms with van der Waals surface area (Å²) in [5.41, 5.74) is 2.28. The van der Waals surface area contributed by atoms with Crippen LogP contribution in [0.25, 0.3) is 0 Å². The van der Waals surface area contributed by atoms with Crippen molar-refractivity contribution >= 4 is 23.7 Å². The molecule has 0 saturated carbocycles. The number of benzene rings is 1. The molecule has 1 aliphatic rings. The number of pyridine rings is 1. The lowest BCUT2D eigenvalue weighted by Gasteiger charge is -2.16. The van der Waals surface area contributed by atoms with Gasteiger partial charge < -0.3 is 10.2 Å². The van der Waals surface area contributed by atoms with Crippen molar-refractivity contribution in [1.29, 1.82) is 0 Å². The maximum Gasteiger partial charge on any atom is 0.324 e. The molecule has 4 amide bonds. The monoisotopic (exact) mass is 376 g/mol. The number of fused-ring (bicyclic) bond motifs is 1. The Kier molecular flexibility index (Phi) is 4.55. The van der Waals surface area contributed by atoms with Crippen LogP contribution in [0.3, 0.4) is 0 Å². The Labute approximate surface area is 159 Å². The Morgan fingerprint density at radius 3 is 2.39 bits per heavy atom. The van der Waals surface area contributed by atoms with E-state index in [-0.39, 0.29) is 19.0 Å². The SMILES string of the molecule is O=C(NC(=O)N1Cc2[nH]nc(NC(=O)c3ccncc3)c2C1)c1ccccc1. The molecular formula is C19H16N6O3. The summed E-state index contributed by atoms with van der Waals surface area (Å²) < 4.78 is 0. The van der Waals surface area contributed by atoms with E-state index in [0.29, 0.717) is 28.2 Å². The lowest BCUT2D eigenvalue weighted by atomic mass is 10.2. The molecule has 2 aromatic heterocycles. The fourth-order valence-electron chi connectivity index (χ4n) is 2.91. The van der Waals surface area contributed by atoms with E-state index in [1.165, 1.54) is 17.3 Å². The minimum Gasteiger partial charge on any atom is -0.314 e. The van der Waals surface area contributed by atoms with Gasteiger partial charge in [-0.3, -0.25) is 25.0 Å². The number of hydrogen-bond donors (Lipinski definition) is 3. The quantitative estimate of drug-likeness (QED) is 0.645. The molecule has 0 unspecified atom stereocenters. The zero-order valence-corrected chi connectivity index (χ0v) is 14.7. The van der Waals surface area contributed by atoms with Gasteiger partial charge in [-0.2, -0.15) is 5.10 Å². The van der Waals surface area contributed by atoms with Crippen LogP contribution in [-0.4, -0.2) is 37.9 Å². The molecule has 0 fully saturated rings. The van der Waals surface area contributed by atoms with Gasteiger partial charge in [-0.25, -0.2) is 4.79 Å². The summed E-state index contributed by atoms with van der Waals surface area (Å²) in [7, 11) is 0. The number of nitrogens with one attached hydrogen (secondary N) is 3. The van der Waals surface area contributed by atoms with Crippen molar-refractivity contribution in [2.75, 3.05) is 5.32 Å². The molecule has 9 nitrogen and oxygen atoms in total. The second-order valence-corrected chi connectivity index (χ2v) is 6.20. The van der Waals surface area contributed by atoms with Gasteiger partial charge in [0, 0.05) is 29.1 Å². The van der Waals surface area contributed by atoms with Gasteiger partial charge in [0.05, 0.1) is 18.8 Å². The first-order chi connectivity index (χ1) is 13.6. The van der Waals surface area contributed by atoms with Crippen molar-refractivity contribution in [3.8, 4) is 0 Å². The number of rotatable bonds is 3. The van der Waals surface area contributed by atoms with Crippen LogP contribution in [0.4, 0.5) is 10.6 Å². The summed E-state index contributed by atoms with van der Waals surface area (Å²) in [4.78, 5) is 42.2. The Morgan fingerprint density at radius 2 is 1.64 bits per heavy atom. The third kappa shape index (κ3) is 3.45. The number of aromatic amines is 1. The predicted molar refractivity (Wildman–Crippen MR) is 99.3 cm³/mol. The van der Waals surface area contributed by atoms with E-state index in [1.807, 2.05) is 0 Å². The molecule has 0 bridgehead atoms. The van der Waals surface area contributed by atoms with E-state index in [2.05, 4.69) is 25.8 Å². The number of aromatic nitrogens is 3. The summed E-state index contributed by atoms with van der Waals surface area (Å²) >= 11 is 0. The van der Waals surface area contributed by atoms with Crippen LogP contribution < -0.4 is 10.6 Å². The van der Waals surface area contributed by atoms with Crippen molar-refractivity contribution in [3.63, 3.8) is 0 Å². The van der Waals surface area contributed by atoms with E-state index in [4.69, 9.17) is 0 Å². The van der Waals surface area contributed by atoms with E-state index >= 15 is 0 Å². The zero-order valence-electron chi connectivity index (χ0n) is 14.7. The molecule has 3 heterocycles. The lowest BCUT2D eigenvalue weighted by Crippen LogP contribution is -2.40. The fourth-order valence-corrected chi connectivity index (χ4v) is 2.91. The molecule has 0 saturated heterocycles. The van der Waals surface area contributed by atoms with Crippen LogP contribution in [0.1, 0.15) is 32.0 Å². The minimum atomic E-state index is -0.509. The molecule has 0 aliphatic carbocycles. The standard InChI is InChI=1S/C19H16N6O3/c26-17(13-6-8-20-9-7-13)21-16-14-10-25(11-15(14)23-24-16)19(28)22-18(27)12-4-2-1-3-5-12/h1-9H,10-11H2,(H,22,27,28)(H2,21,23,24,26). The first-order valence-electron chi connectivity index (χ1n) is 8.54. The topological polar surface area (TPSA) is 120 Å². The third-order valence-corrected chi connectivity index (χ3v) is 4.37. The fraction of sp³-hybridized carbons (Fsp3) is 0.105. The summed E-state index contributed by atoms with van der Waals surface area (Å²) in [6.07, 6.45) is 3.05. The van der Waals surface area contributed by atoms with Crippen LogP contribution in [0.2, 0.25) is 0 Å². The highest BCUT2D eigenvalue weighted by Gasteiger charge is 2.29. The number of carbonyl (C=O) groups excluding carboxylic acids is 3. The summed E-state index contributed by atoms with van der Waals surface area (Å²) in [5.74, 6) is -0.425. The van der Waals surface area contributed by atoms with Crippen molar-refractivity contribution in [2.24, 2.45) is 0 Å². The van der Waals surface area contributed by atoms with Crippen LogP contribution in [0.5, 0.6) is 0 Å². The zero-order chi connectivity index (χ0) is 19.5. The summed E-state index contributed by atoms with van der Waals surface area (Å²) in [6.45, 7) is 0.493. The van der Waals surface area contributed by atoms with E-state index < -0.39 is 11.9 Å². The molecule has 3 aromatic rings. The first-order valence-corrected chi connectivity index (χ1v) is 8.54. The minimum absolute atomic E-state index is 0.228. The maximum absolute atomic E-state index is 12.4. The Balaban J connectivity index is 1.41. The number of carbonyl (C=O) groups is 3. The second kappa shape index (κ2) is 7.31. The Bertz CT molecular complexity index is 1030. The molecule has 9 heteroatoms. The molecule has 0 atom stereocenters. The smallest absolute Gasteiger partial charge is 0.314 e. The molecule has 3 N–H and O–H groups in total. The van der Waals surface area contributed by atoms with Crippen LogP contribution in [-0.2, 0) is 13.1 Å². The van der Waals surface area contributed by atoms with Crippen LogP contribution in [0, 0.1) is 0 Å². The van der Waals surface area contributed by atoms with Gasteiger partial charge in [-0.05, 0) is 24.3 Å². The summed E-state index contributed by atoms with van der Waals surface area (Å²) in [6, 6.07) is 11.2. The molecule has 0 spiro atoms. The third-order valence-electron chi connectivity index (χ3n) is 4.37. The lowest BCUT2D eigenvalue weighted by molar-refractivity contribution is 0.0950. The number of urea groups is 1. The van der Waals surface area contributed by atoms with Gasteiger partial charge in [0.15, 0.2) is 5.82 Å². The van der Waals surface area contributed by atoms with Gasteiger partial charge in [0.2, 0.25) is 0 Å². The van der Waals surface area contributed by atoms with Gasteiger partial charge in [-0.1, -0.05) is 18.2 Å². The largest absolute Gasteiger partial charge is 0.324 e. The van der Waals surface area contributed by atoms with Crippen LogP contribution in [0.15, 0.2) is 54.9 Å². The van der Waals surface area contributed by atoms with Gasteiger partial charge in [0.1, 0.15) is 0 Å². The highest BCUT2D eigenvalue weighted by atomic mass is 16.2. The van der Waals surface area contributed by atoms with Crippen molar-refractivity contribution in [2.45, 2.75) is 13.1 Å². The van der Waals surface area contributed by atoms with E-state index in [1.54, 1.807) is 42.5 Å². The van der Waals surface area contributed by atoms with Gasteiger partial charge in [0.25, 0.3) is 11.8 Å². The average Bonchev–Trinajstić information content (AvgIpc) is 3.31. The van der Waals surface area contributed by atoms with E-state index in [0.717, 1.165) is 0 Å². The number of imide groups is 1. The van der Waals surface area contributed by atoms with Crippen molar-refractivity contribution in [3.05, 3.63) is 77.2 Å². The maximum atomic E-state index is 12.4. The first kappa shape index (κ1) is 17.4. The number of H-pyrrole nitrogens is 1. The van der Waals surface area contributed by atoms with Crippen molar-refractivity contribution < 1.29 is 14.4 Å². The Morgan fingerprint density at radius 1 is 0.929 bits per heavy atom. The molecule has 4 rings (SSSR count). The number of anilines is 1. The molecule has 140 valence electrons. The normalized spacial score (nSPS) is 12.4. The number of hydrogen-bond acceptors (Lipinski definition) is 5. The molecular weight excluding hydrogens is 360 g/mol. The van der Waals surface area contributed by atoms with Gasteiger partial charge in [-0.15, -0.1) is 0 Å².